The fourth-order valence-corrected chi connectivity index (χ4v) is 5.65. The second kappa shape index (κ2) is 22.1. The summed E-state index contributed by atoms with van der Waals surface area (Å²) in [6.45, 7) is 16.0. The first-order valence-corrected chi connectivity index (χ1v) is 16.8. The molecule has 0 radical (unpaired) electrons. The van der Waals surface area contributed by atoms with Gasteiger partial charge < -0.3 is 48.5 Å². The summed E-state index contributed by atoms with van der Waals surface area (Å²) in [6.07, 6.45) is 5.21. The topological polar surface area (TPSA) is 234 Å². The maximum atomic E-state index is 13.0. The van der Waals surface area contributed by atoms with Crippen molar-refractivity contribution in [2.24, 2.45) is 22.7 Å². The van der Waals surface area contributed by atoms with Crippen LogP contribution in [-0.4, -0.2) is 113 Å². The van der Waals surface area contributed by atoms with Gasteiger partial charge in [0.15, 0.2) is 0 Å². The number of amides is 2. The first-order valence-electron chi connectivity index (χ1n) is 16.8. The van der Waals surface area contributed by atoms with E-state index in [-0.39, 0.29) is 23.9 Å². The van der Waals surface area contributed by atoms with Gasteiger partial charge in [0, 0.05) is 48.5 Å². The third kappa shape index (κ3) is 15.0. The van der Waals surface area contributed by atoms with Crippen LogP contribution in [0.25, 0.3) is 0 Å². The molecule has 0 spiro atoms. The molecule has 0 heterocycles. The highest BCUT2D eigenvalue weighted by Crippen LogP contribution is 2.45. The Morgan fingerprint density at radius 1 is 0.400 bits per heavy atom. The number of fused-ring (bicyclic) bond motifs is 2. The molecule has 0 aromatic heterocycles. The summed E-state index contributed by atoms with van der Waals surface area (Å²) < 4.78 is 41.7. The van der Waals surface area contributed by atoms with Gasteiger partial charge in [0.25, 0.3) is 0 Å². The van der Waals surface area contributed by atoms with Crippen molar-refractivity contribution in [3.05, 3.63) is 75.9 Å². The van der Waals surface area contributed by atoms with Crippen LogP contribution >= 0.6 is 0 Å². The summed E-state index contributed by atoms with van der Waals surface area (Å²) >= 11 is 0. The van der Waals surface area contributed by atoms with Crippen molar-refractivity contribution < 1.29 is 76.3 Å². The van der Waals surface area contributed by atoms with Crippen molar-refractivity contribution in [1.29, 1.82) is 0 Å². The molecule has 2 amide bonds. The SMILES string of the molecule is C=CC(=O)OCC(COC(=O)C=C)(COC(=O)C=C)COC(=O)NC1CC2CC1CC2NC(=O)OCC(COC(=O)C=C)(COC(=O)C=C)COC(=O)C=C. The Morgan fingerprint density at radius 2 is 0.618 bits per heavy atom. The number of hydrogen-bond acceptors (Lipinski definition) is 16. The van der Waals surface area contributed by atoms with E-state index in [0.29, 0.717) is 19.3 Å². The maximum Gasteiger partial charge on any atom is 0.407 e. The minimum absolute atomic E-state index is 0.0720. The molecular formula is C37H46N2O16. The van der Waals surface area contributed by atoms with Gasteiger partial charge in [-0.3, -0.25) is 0 Å². The summed E-state index contributed by atoms with van der Waals surface area (Å²) in [5.41, 5.74) is -3.02. The molecule has 300 valence electrons. The predicted molar refractivity (Wildman–Crippen MR) is 189 cm³/mol. The van der Waals surface area contributed by atoms with Gasteiger partial charge in [-0.15, -0.1) is 0 Å². The van der Waals surface area contributed by atoms with Crippen molar-refractivity contribution in [3.8, 4) is 0 Å². The lowest BCUT2D eigenvalue weighted by Gasteiger charge is -2.33. The van der Waals surface area contributed by atoms with E-state index in [4.69, 9.17) is 37.9 Å². The monoisotopic (exact) mass is 774 g/mol. The van der Waals surface area contributed by atoms with Crippen LogP contribution in [0.1, 0.15) is 19.3 Å². The first-order chi connectivity index (χ1) is 26.2. The Hall–Kier alpha value is -6.20. The Kier molecular flexibility index (Phi) is 18.1. The highest BCUT2D eigenvalue weighted by molar-refractivity contribution is 5.83. The molecule has 2 saturated carbocycles. The van der Waals surface area contributed by atoms with Crippen LogP contribution in [-0.2, 0) is 66.7 Å². The molecule has 2 N–H and O–H groups in total. The van der Waals surface area contributed by atoms with Crippen LogP contribution in [0.2, 0.25) is 0 Å². The van der Waals surface area contributed by atoms with Gasteiger partial charge in [0.1, 0.15) is 63.7 Å². The minimum atomic E-state index is -1.51. The molecule has 0 aliphatic heterocycles. The molecule has 0 aromatic carbocycles. The molecule has 0 saturated heterocycles. The molecule has 18 nitrogen and oxygen atoms in total. The zero-order valence-electron chi connectivity index (χ0n) is 30.3. The number of carbonyl (C=O) groups is 8. The third-order valence-electron chi connectivity index (χ3n) is 8.61. The van der Waals surface area contributed by atoms with Gasteiger partial charge in [-0.1, -0.05) is 39.5 Å². The average molecular weight is 775 g/mol. The van der Waals surface area contributed by atoms with Crippen molar-refractivity contribution in [2.75, 3.05) is 52.9 Å². The van der Waals surface area contributed by atoms with Crippen molar-refractivity contribution in [2.45, 2.75) is 31.3 Å². The van der Waals surface area contributed by atoms with Gasteiger partial charge in [0.05, 0.1) is 0 Å². The third-order valence-corrected chi connectivity index (χ3v) is 8.61. The summed E-state index contributed by atoms with van der Waals surface area (Å²) in [5, 5.41) is 5.58. The minimum Gasteiger partial charge on any atom is -0.462 e. The first kappa shape index (κ1) is 45.0. The largest absolute Gasteiger partial charge is 0.462 e. The molecule has 2 fully saturated rings. The Morgan fingerprint density at radius 3 is 0.818 bits per heavy atom. The highest BCUT2D eigenvalue weighted by Gasteiger charge is 2.48. The molecule has 2 aliphatic rings. The second-order valence-electron chi connectivity index (χ2n) is 12.8. The van der Waals surface area contributed by atoms with Gasteiger partial charge in [-0.25, -0.2) is 38.4 Å². The van der Waals surface area contributed by atoms with E-state index >= 15 is 0 Å². The Labute approximate surface area is 317 Å². The van der Waals surface area contributed by atoms with Crippen LogP contribution < -0.4 is 10.6 Å². The molecule has 2 bridgehead atoms. The van der Waals surface area contributed by atoms with Gasteiger partial charge >= 0.3 is 48.0 Å². The van der Waals surface area contributed by atoms with E-state index in [9.17, 15) is 38.4 Å². The van der Waals surface area contributed by atoms with Gasteiger partial charge in [0.2, 0.25) is 0 Å². The van der Waals surface area contributed by atoms with E-state index in [1.54, 1.807) is 0 Å². The van der Waals surface area contributed by atoms with Crippen LogP contribution in [0.15, 0.2) is 75.9 Å². The molecular weight excluding hydrogens is 728 g/mol. The summed E-state index contributed by atoms with van der Waals surface area (Å²) in [7, 11) is 0. The van der Waals surface area contributed by atoms with Crippen LogP contribution in [0.4, 0.5) is 9.59 Å². The van der Waals surface area contributed by atoms with Crippen LogP contribution in [0.3, 0.4) is 0 Å². The van der Waals surface area contributed by atoms with Crippen molar-refractivity contribution in [3.63, 3.8) is 0 Å². The molecule has 0 aromatic rings. The molecule has 2 aliphatic carbocycles. The number of alkyl carbamates (subject to hydrolysis) is 2. The molecule has 18 heteroatoms. The smallest absolute Gasteiger partial charge is 0.407 e. The standard InChI is InChI=1S/C37H46N2O16/c1-7-28(40)48-16-36(17-49-29(41)8-2,18-50-30(42)9-3)22-54-34(46)38-26-14-25-13-24(26)15-27(25)39-35(47)55-23-37(19-51-31(43)10-4,20-52-32(44)11-5)21-53-33(45)12-6/h7-12,24-27H,1-6,13-23H2,(H,38,46)(H,39,47). The van der Waals surface area contributed by atoms with Gasteiger partial charge in [-0.2, -0.15) is 0 Å². The second-order valence-corrected chi connectivity index (χ2v) is 12.8. The lowest BCUT2D eigenvalue weighted by Crippen LogP contribution is -2.48. The van der Waals surface area contributed by atoms with E-state index in [0.717, 1.165) is 36.5 Å². The van der Waals surface area contributed by atoms with E-state index < -0.39 is 112 Å². The van der Waals surface area contributed by atoms with E-state index in [1.807, 2.05) is 0 Å². The lowest BCUT2D eigenvalue weighted by atomic mass is 9.91. The normalized spacial score (nSPS) is 18.1. The number of rotatable bonds is 24. The maximum absolute atomic E-state index is 13.0. The van der Waals surface area contributed by atoms with Crippen molar-refractivity contribution in [1.82, 2.24) is 10.6 Å². The zero-order valence-corrected chi connectivity index (χ0v) is 30.3. The predicted octanol–water partition coefficient (Wildman–Crippen LogP) is 1.95. The highest BCUT2D eigenvalue weighted by atomic mass is 16.6. The average Bonchev–Trinajstić information content (AvgIpc) is 3.78. The molecule has 55 heavy (non-hydrogen) atoms. The van der Waals surface area contributed by atoms with Crippen LogP contribution in [0.5, 0.6) is 0 Å². The summed E-state index contributed by atoms with van der Waals surface area (Å²) in [6, 6.07) is -0.689. The summed E-state index contributed by atoms with van der Waals surface area (Å²) in [4.78, 5) is 97.0. The lowest BCUT2D eigenvalue weighted by molar-refractivity contribution is -0.161. The number of nitrogens with one attached hydrogen (secondary N) is 2. The quantitative estimate of drug-likeness (QED) is 0.0810. The number of hydrogen-bond donors (Lipinski definition) is 2. The molecule has 4 atom stereocenters. The molecule has 2 rings (SSSR count). The zero-order chi connectivity index (χ0) is 41.0. The Balaban J connectivity index is 2.05. The number of carbonyl (C=O) groups excluding carboxylic acids is 8. The van der Waals surface area contributed by atoms with Gasteiger partial charge in [-0.05, 0) is 31.1 Å². The fraction of sp³-hybridized carbons (Fsp3) is 0.459. The van der Waals surface area contributed by atoms with E-state index in [2.05, 4.69) is 50.1 Å². The molecule has 4 unspecified atom stereocenters. The van der Waals surface area contributed by atoms with E-state index in [1.165, 1.54) is 0 Å². The number of ether oxygens (including phenoxy) is 8. The fourth-order valence-electron chi connectivity index (χ4n) is 5.65. The Bertz CT molecular complexity index is 1290. The summed E-state index contributed by atoms with van der Waals surface area (Å²) in [5.74, 6) is -5.12. The van der Waals surface area contributed by atoms with Crippen LogP contribution in [0, 0.1) is 22.7 Å². The number of esters is 6. The van der Waals surface area contributed by atoms with Crippen molar-refractivity contribution >= 4 is 48.0 Å².